The van der Waals surface area contributed by atoms with E-state index in [4.69, 9.17) is 9.47 Å². The third kappa shape index (κ3) is 4.53. The number of nitrogens with one attached hydrogen (secondary N) is 1. The summed E-state index contributed by atoms with van der Waals surface area (Å²) < 4.78 is 12.9. The van der Waals surface area contributed by atoms with Crippen molar-refractivity contribution < 1.29 is 19.1 Å². The van der Waals surface area contributed by atoms with Crippen molar-refractivity contribution in [3.05, 3.63) is 78.7 Å². The van der Waals surface area contributed by atoms with E-state index < -0.39 is 0 Å². The summed E-state index contributed by atoms with van der Waals surface area (Å²) in [5.41, 5.74) is 7.99. The molecule has 35 heavy (non-hydrogen) atoms. The predicted octanol–water partition coefficient (Wildman–Crippen LogP) is 6.20. The second-order valence-corrected chi connectivity index (χ2v) is 10.8. The molecule has 2 aliphatic carbocycles. The summed E-state index contributed by atoms with van der Waals surface area (Å²) in [6.45, 7) is 4.63. The molecule has 0 saturated heterocycles. The van der Waals surface area contributed by atoms with Crippen molar-refractivity contribution in [3.63, 3.8) is 0 Å². The standard InChI is InChI=1S/C29H30INO4/c1-16-10-11-18(12-17(16)2)15-35-29-20(30)13-19(14-25(29)34-3)26-27-21(6-4-8-23(27)32)31-22-7-5-9-24(33)28(22)26/h10-14,26,31H,4-9,15H2,1-3H3. The lowest BCUT2D eigenvalue weighted by Crippen LogP contribution is -2.36. The molecule has 3 aliphatic rings. The normalized spacial score (nSPS) is 18.3. The number of rotatable bonds is 5. The minimum Gasteiger partial charge on any atom is -0.493 e. The molecule has 1 heterocycles. The van der Waals surface area contributed by atoms with Crippen LogP contribution in [-0.2, 0) is 16.2 Å². The molecule has 5 rings (SSSR count). The highest BCUT2D eigenvalue weighted by Gasteiger charge is 2.40. The van der Waals surface area contributed by atoms with Gasteiger partial charge in [-0.25, -0.2) is 0 Å². The van der Waals surface area contributed by atoms with Gasteiger partial charge in [0.15, 0.2) is 23.1 Å². The highest BCUT2D eigenvalue weighted by atomic mass is 127. The number of allylic oxidation sites excluding steroid dienone is 4. The van der Waals surface area contributed by atoms with Gasteiger partial charge in [0.2, 0.25) is 0 Å². The second kappa shape index (κ2) is 9.80. The highest BCUT2D eigenvalue weighted by molar-refractivity contribution is 14.1. The van der Waals surface area contributed by atoms with Crippen LogP contribution in [0.2, 0.25) is 0 Å². The van der Waals surface area contributed by atoms with Gasteiger partial charge in [0.1, 0.15) is 6.61 Å². The van der Waals surface area contributed by atoms with Gasteiger partial charge in [-0.15, -0.1) is 0 Å². The van der Waals surface area contributed by atoms with Crippen LogP contribution < -0.4 is 14.8 Å². The Labute approximate surface area is 220 Å². The van der Waals surface area contributed by atoms with E-state index in [0.29, 0.717) is 30.9 Å². The summed E-state index contributed by atoms with van der Waals surface area (Å²) >= 11 is 2.27. The number of Topliss-reactive ketones (excluding diaryl/α,β-unsaturated/α-hetero) is 2. The molecule has 0 radical (unpaired) electrons. The van der Waals surface area contributed by atoms with Crippen molar-refractivity contribution in [1.82, 2.24) is 5.32 Å². The summed E-state index contributed by atoms with van der Waals surface area (Å²) in [6.07, 6.45) is 4.43. The average molecular weight is 583 g/mol. The number of ketones is 2. The fourth-order valence-corrected chi connectivity index (χ4v) is 6.19. The second-order valence-electron chi connectivity index (χ2n) is 9.64. The third-order valence-electron chi connectivity index (χ3n) is 7.33. The Balaban J connectivity index is 1.54. The van der Waals surface area contributed by atoms with E-state index in [-0.39, 0.29) is 17.5 Å². The summed E-state index contributed by atoms with van der Waals surface area (Å²) in [6, 6.07) is 10.3. The minimum atomic E-state index is -0.349. The first-order chi connectivity index (χ1) is 16.9. The third-order valence-corrected chi connectivity index (χ3v) is 8.13. The Bertz CT molecular complexity index is 1250. The largest absolute Gasteiger partial charge is 0.493 e. The molecule has 1 aliphatic heterocycles. The molecular formula is C29H30INO4. The number of benzene rings is 2. The fourth-order valence-electron chi connectivity index (χ4n) is 5.41. The van der Waals surface area contributed by atoms with Crippen molar-refractivity contribution in [3.8, 4) is 11.5 Å². The molecule has 2 aromatic carbocycles. The van der Waals surface area contributed by atoms with Crippen LogP contribution in [0.1, 0.15) is 66.7 Å². The summed E-state index contributed by atoms with van der Waals surface area (Å²) in [7, 11) is 1.63. The van der Waals surface area contributed by atoms with Gasteiger partial charge >= 0.3 is 0 Å². The molecule has 0 spiro atoms. The number of aryl methyl sites for hydroxylation is 2. The molecule has 5 nitrogen and oxygen atoms in total. The summed E-state index contributed by atoms with van der Waals surface area (Å²) in [5.74, 6) is 1.22. The van der Waals surface area contributed by atoms with Gasteiger partial charge in [0.25, 0.3) is 0 Å². The van der Waals surface area contributed by atoms with Crippen LogP contribution in [0, 0.1) is 17.4 Å². The molecule has 0 unspecified atom stereocenters. The lowest BCUT2D eigenvalue weighted by Gasteiger charge is -2.37. The summed E-state index contributed by atoms with van der Waals surface area (Å²) in [4.78, 5) is 26.2. The first-order valence-corrected chi connectivity index (χ1v) is 13.3. The van der Waals surface area contributed by atoms with Gasteiger partial charge in [-0.1, -0.05) is 18.2 Å². The number of hydrogen-bond acceptors (Lipinski definition) is 5. The number of ether oxygens (including phenoxy) is 2. The van der Waals surface area contributed by atoms with Crippen LogP contribution in [0.3, 0.4) is 0 Å². The van der Waals surface area contributed by atoms with Gasteiger partial charge in [-0.3, -0.25) is 9.59 Å². The first kappa shape index (κ1) is 24.1. The predicted molar refractivity (Wildman–Crippen MR) is 144 cm³/mol. The maximum atomic E-state index is 13.1. The Morgan fingerprint density at radius 1 is 0.914 bits per heavy atom. The Morgan fingerprint density at radius 3 is 2.17 bits per heavy atom. The van der Waals surface area contributed by atoms with E-state index in [2.05, 4.69) is 60.0 Å². The molecule has 2 aromatic rings. The molecule has 0 bridgehead atoms. The topological polar surface area (TPSA) is 64.6 Å². The van der Waals surface area contributed by atoms with Gasteiger partial charge in [0.05, 0.1) is 10.7 Å². The molecule has 0 amide bonds. The van der Waals surface area contributed by atoms with E-state index in [1.54, 1.807) is 7.11 Å². The zero-order valence-electron chi connectivity index (χ0n) is 20.4. The zero-order chi connectivity index (χ0) is 24.7. The van der Waals surface area contributed by atoms with Crippen molar-refractivity contribution in [1.29, 1.82) is 0 Å². The molecule has 0 saturated carbocycles. The lowest BCUT2D eigenvalue weighted by molar-refractivity contribution is -0.116. The van der Waals surface area contributed by atoms with Crippen LogP contribution >= 0.6 is 22.6 Å². The number of carbonyl (C=O) groups excluding carboxylic acids is 2. The molecule has 0 atom stereocenters. The number of hydrogen-bond donors (Lipinski definition) is 1. The molecule has 1 N–H and O–H groups in total. The van der Waals surface area contributed by atoms with E-state index in [0.717, 1.165) is 62.9 Å². The van der Waals surface area contributed by atoms with Crippen molar-refractivity contribution >= 4 is 34.2 Å². The molecule has 6 heteroatoms. The Kier molecular flexibility index (Phi) is 6.75. The number of carbonyl (C=O) groups is 2. The van der Waals surface area contributed by atoms with Crippen molar-refractivity contribution in [2.75, 3.05) is 7.11 Å². The van der Waals surface area contributed by atoms with Gasteiger partial charge < -0.3 is 14.8 Å². The van der Waals surface area contributed by atoms with E-state index >= 15 is 0 Å². The van der Waals surface area contributed by atoms with Gasteiger partial charge in [-0.05, 0) is 96.5 Å². The maximum absolute atomic E-state index is 13.1. The van der Waals surface area contributed by atoms with Crippen LogP contribution in [0.5, 0.6) is 11.5 Å². The minimum absolute atomic E-state index is 0.137. The molecule has 182 valence electrons. The lowest BCUT2D eigenvalue weighted by atomic mass is 9.71. The van der Waals surface area contributed by atoms with E-state index in [1.165, 1.54) is 11.1 Å². The Hall–Kier alpha value is -2.61. The van der Waals surface area contributed by atoms with Crippen LogP contribution in [0.4, 0.5) is 0 Å². The summed E-state index contributed by atoms with van der Waals surface area (Å²) in [5, 5.41) is 3.48. The first-order valence-electron chi connectivity index (χ1n) is 12.2. The molecule has 0 aromatic heterocycles. The van der Waals surface area contributed by atoms with Crippen LogP contribution in [0.15, 0.2) is 52.9 Å². The number of dihydropyridines is 1. The monoisotopic (exact) mass is 583 g/mol. The fraction of sp³-hybridized carbons (Fsp3) is 0.379. The zero-order valence-corrected chi connectivity index (χ0v) is 22.6. The SMILES string of the molecule is COc1cc(C2C3=C(CCCC3=O)NC3=C2C(=O)CCC3)cc(I)c1OCc1ccc(C)c(C)c1. The van der Waals surface area contributed by atoms with E-state index in [9.17, 15) is 9.59 Å². The smallest absolute Gasteiger partial charge is 0.174 e. The van der Waals surface area contributed by atoms with E-state index in [1.807, 2.05) is 12.1 Å². The quantitative estimate of drug-likeness (QED) is 0.425. The maximum Gasteiger partial charge on any atom is 0.174 e. The molecular weight excluding hydrogens is 553 g/mol. The van der Waals surface area contributed by atoms with Crippen molar-refractivity contribution in [2.45, 2.75) is 64.9 Å². The number of methoxy groups -OCH3 is 1. The average Bonchev–Trinajstić information content (AvgIpc) is 2.84. The van der Waals surface area contributed by atoms with Crippen LogP contribution in [0.25, 0.3) is 0 Å². The highest BCUT2D eigenvalue weighted by Crippen LogP contribution is 2.47. The number of halogens is 1. The van der Waals surface area contributed by atoms with Crippen molar-refractivity contribution in [2.24, 2.45) is 0 Å². The molecule has 0 fully saturated rings. The van der Waals surface area contributed by atoms with Crippen LogP contribution in [-0.4, -0.2) is 18.7 Å². The Morgan fingerprint density at radius 2 is 1.57 bits per heavy atom. The van der Waals surface area contributed by atoms with Gasteiger partial charge in [-0.2, -0.15) is 0 Å². The van der Waals surface area contributed by atoms with Gasteiger partial charge in [0, 0.05) is 41.3 Å².